The van der Waals surface area contributed by atoms with Crippen LogP contribution in [-0.4, -0.2) is 26.6 Å². The number of hydrogen-bond donors (Lipinski definition) is 1. The lowest BCUT2D eigenvalue weighted by Crippen LogP contribution is -2.39. The zero-order valence-electron chi connectivity index (χ0n) is 21.2. The van der Waals surface area contributed by atoms with Crippen molar-refractivity contribution in [1.82, 2.24) is 5.43 Å². The maximum Gasteiger partial charge on any atom is 0.264 e. The first-order valence-electron chi connectivity index (χ1n) is 11.5. The number of anilines is 1. The van der Waals surface area contributed by atoms with Gasteiger partial charge in [-0.05, 0) is 61.6 Å². The molecule has 0 heterocycles. The second-order valence-electron chi connectivity index (χ2n) is 9.72. The summed E-state index contributed by atoms with van der Waals surface area (Å²) in [5.41, 5.74) is 7.60. The Kier molecular flexibility index (Phi) is 7.80. The molecule has 0 radical (unpaired) electrons. The minimum absolute atomic E-state index is 0.0418. The highest BCUT2D eigenvalue weighted by Gasteiger charge is 2.27. The fourth-order valence-corrected chi connectivity index (χ4v) is 4.87. The van der Waals surface area contributed by atoms with Crippen LogP contribution in [0.25, 0.3) is 0 Å². The molecule has 0 aliphatic rings. The molecule has 3 aromatic rings. The highest BCUT2D eigenvalue weighted by atomic mass is 32.2. The smallest absolute Gasteiger partial charge is 0.264 e. The summed E-state index contributed by atoms with van der Waals surface area (Å²) < 4.78 is 28.0. The van der Waals surface area contributed by atoms with Crippen molar-refractivity contribution < 1.29 is 13.2 Å². The summed E-state index contributed by atoms with van der Waals surface area (Å²) in [4.78, 5) is 12.9. The van der Waals surface area contributed by atoms with Crippen LogP contribution in [0.4, 0.5) is 5.69 Å². The van der Waals surface area contributed by atoms with E-state index in [0.717, 1.165) is 21.0 Å². The Labute approximate surface area is 208 Å². The number of amides is 1. The molecule has 35 heavy (non-hydrogen) atoms. The predicted octanol–water partition coefficient (Wildman–Crippen LogP) is 5.34. The molecular formula is C28H33N3O3S. The van der Waals surface area contributed by atoms with Crippen LogP contribution in [0.1, 0.15) is 49.9 Å². The van der Waals surface area contributed by atoms with Gasteiger partial charge in [-0.15, -0.1) is 0 Å². The van der Waals surface area contributed by atoms with Crippen molar-refractivity contribution in [2.24, 2.45) is 5.10 Å². The molecule has 1 N–H and O–H groups in total. The molecule has 0 aliphatic heterocycles. The SMILES string of the molecule is C/C(=N/NC(=O)CN(c1ccc(C)cc1)S(=O)(=O)c1ccc(C)cc1)c1ccc(C(C)(C)C)cc1. The van der Waals surface area contributed by atoms with E-state index >= 15 is 0 Å². The quantitative estimate of drug-likeness (QED) is 0.358. The van der Waals surface area contributed by atoms with Gasteiger partial charge in [0.25, 0.3) is 15.9 Å². The number of hydrogen-bond acceptors (Lipinski definition) is 4. The lowest BCUT2D eigenvalue weighted by molar-refractivity contribution is -0.119. The second kappa shape index (κ2) is 10.4. The van der Waals surface area contributed by atoms with Gasteiger partial charge < -0.3 is 0 Å². The lowest BCUT2D eigenvalue weighted by atomic mass is 9.86. The van der Waals surface area contributed by atoms with Crippen molar-refractivity contribution in [3.8, 4) is 0 Å². The summed E-state index contributed by atoms with van der Waals surface area (Å²) in [6, 6.07) is 21.6. The number of carbonyl (C=O) groups is 1. The third kappa shape index (κ3) is 6.57. The van der Waals surface area contributed by atoms with Gasteiger partial charge in [0.1, 0.15) is 6.54 Å². The maximum atomic E-state index is 13.4. The van der Waals surface area contributed by atoms with Crippen molar-refractivity contribution in [3.05, 3.63) is 95.1 Å². The molecule has 0 spiro atoms. The van der Waals surface area contributed by atoms with E-state index < -0.39 is 22.5 Å². The number of benzene rings is 3. The van der Waals surface area contributed by atoms with Crippen LogP contribution < -0.4 is 9.73 Å². The number of nitrogens with one attached hydrogen (secondary N) is 1. The first-order valence-corrected chi connectivity index (χ1v) is 12.9. The molecule has 1 amide bonds. The largest absolute Gasteiger partial charge is 0.271 e. The van der Waals surface area contributed by atoms with Gasteiger partial charge in [-0.2, -0.15) is 5.10 Å². The number of carbonyl (C=O) groups excluding carboxylic acids is 1. The summed E-state index contributed by atoms with van der Waals surface area (Å²) in [5, 5.41) is 4.21. The molecular weight excluding hydrogens is 458 g/mol. The molecule has 184 valence electrons. The molecule has 0 saturated carbocycles. The van der Waals surface area contributed by atoms with Crippen molar-refractivity contribution in [2.75, 3.05) is 10.8 Å². The van der Waals surface area contributed by atoms with E-state index in [1.807, 2.05) is 50.2 Å². The average Bonchev–Trinajstić information content (AvgIpc) is 2.81. The van der Waals surface area contributed by atoms with Crippen LogP contribution in [0.15, 0.2) is 82.8 Å². The number of nitrogens with zero attached hydrogens (tertiary/aromatic N) is 2. The summed E-state index contributed by atoms with van der Waals surface area (Å²) in [6.45, 7) is 11.6. The Bertz CT molecular complexity index is 1300. The number of rotatable bonds is 7. The zero-order chi connectivity index (χ0) is 25.8. The third-order valence-corrected chi connectivity index (χ3v) is 7.52. The molecule has 7 heteroatoms. The number of sulfonamides is 1. The molecule has 0 aromatic heterocycles. The first-order chi connectivity index (χ1) is 16.4. The van der Waals surface area contributed by atoms with Crippen LogP contribution >= 0.6 is 0 Å². The van der Waals surface area contributed by atoms with Crippen molar-refractivity contribution in [2.45, 2.75) is 51.9 Å². The van der Waals surface area contributed by atoms with Crippen LogP contribution in [0.2, 0.25) is 0 Å². The minimum Gasteiger partial charge on any atom is -0.271 e. The fourth-order valence-electron chi connectivity index (χ4n) is 3.45. The van der Waals surface area contributed by atoms with Crippen LogP contribution in [-0.2, 0) is 20.2 Å². The molecule has 0 saturated heterocycles. The lowest BCUT2D eigenvalue weighted by Gasteiger charge is -2.24. The highest BCUT2D eigenvalue weighted by molar-refractivity contribution is 7.92. The van der Waals surface area contributed by atoms with Gasteiger partial charge in [-0.1, -0.05) is 80.4 Å². The van der Waals surface area contributed by atoms with E-state index in [2.05, 4.69) is 31.3 Å². The van der Waals surface area contributed by atoms with Gasteiger partial charge in [0.2, 0.25) is 0 Å². The van der Waals surface area contributed by atoms with Crippen LogP contribution in [0.3, 0.4) is 0 Å². The Balaban J connectivity index is 1.82. The molecule has 3 rings (SSSR count). The van der Waals surface area contributed by atoms with Gasteiger partial charge in [-0.25, -0.2) is 13.8 Å². The molecule has 0 unspecified atom stereocenters. The molecule has 0 atom stereocenters. The molecule has 0 bridgehead atoms. The minimum atomic E-state index is -3.96. The van der Waals surface area contributed by atoms with E-state index in [9.17, 15) is 13.2 Å². The fraction of sp³-hybridized carbons (Fsp3) is 0.286. The summed E-state index contributed by atoms with van der Waals surface area (Å²) in [7, 11) is -3.96. The number of hydrazone groups is 1. The first kappa shape index (κ1) is 26.2. The van der Waals surface area contributed by atoms with E-state index in [1.54, 1.807) is 43.3 Å². The van der Waals surface area contributed by atoms with Gasteiger partial charge in [-0.3, -0.25) is 9.10 Å². The molecule has 0 fully saturated rings. The van der Waals surface area contributed by atoms with Gasteiger partial charge in [0.15, 0.2) is 0 Å². The average molecular weight is 492 g/mol. The molecule has 0 aliphatic carbocycles. The van der Waals surface area contributed by atoms with Crippen molar-refractivity contribution in [1.29, 1.82) is 0 Å². The summed E-state index contributed by atoms with van der Waals surface area (Å²) in [5.74, 6) is -0.535. The van der Waals surface area contributed by atoms with Crippen LogP contribution in [0.5, 0.6) is 0 Å². The van der Waals surface area contributed by atoms with Crippen molar-refractivity contribution >= 4 is 27.3 Å². The highest BCUT2D eigenvalue weighted by Crippen LogP contribution is 2.25. The summed E-state index contributed by atoms with van der Waals surface area (Å²) in [6.07, 6.45) is 0. The Morgan fingerprint density at radius 3 is 1.89 bits per heavy atom. The molecule has 3 aromatic carbocycles. The van der Waals surface area contributed by atoms with Gasteiger partial charge in [0.05, 0.1) is 16.3 Å². The van der Waals surface area contributed by atoms with Gasteiger partial charge in [0, 0.05) is 0 Å². The van der Waals surface area contributed by atoms with E-state index in [-0.39, 0.29) is 10.3 Å². The van der Waals surface area contributed by atoms with E-state index in [4.69, 9.17) is 0 Å². The normalized spacial score (nSPS) is 12.3. The maximum absolute atomic E-state index is 13.4. The zero-order valence-corrected chi connectivity index (χ0v) is 22.0. The van der Waals surface area contributed by atoms with Crippen LogP contribution in [0, 0.1) is 13.8 Å². The van der Waals surface area contributed by atoms with Gasteiger partial charge >= 0.3 is 0 Å². The number of aryl methyl sites for hydroxylation is 2. The van der Waals surface area contributed by atoms with E-state index in [0.29, 0.717) is 11.4 Å². The predicted molar refractivity (Wildman–Crippen MR) is 142 cm³/mol. The van der Waals surface area contributed by atoms with Crippen molar-refractivity contribution in [3.63, 3.8) is 0 Å². The standard InChI is InChI=1S/C28H33N3O3S/c1-20-7-15-25(16-8-20)31(35(33,34)26-17-9-21(2)10-18-26)19-27(32)30-29-22(3)23-11-13-24(14-12-23)28(4,5)6/h7-18H,19H2,1-6H3,(H,30,32)/b29-22-. The second-order valence-corrected chi connectivity index (χ2v) is 11.6. The molecule has 6 nitrogen and oxygen atoms in total. The topological polar surface area (TPSA) is 78.8 Å². The Morgan fingerprint density at radius 2 is 1.37 bits per heavy atom. The third-order valence-electron chi connectivity index (χ3n) is 5.74. The Hall–Kier alpha value is -3.45. The van der Waals surface area contributed by atoms with E-state index in [1.165, 1.54) is 5.56 Å². The summed E-state index contributed by atoms with van der Waals surface area (Å²) >= 11 is 0. The Morgan fingerprint density at radius 1 is 0.857 bits per heavy atom. The monoisotopic (exact) mass is 491 g/mol.